The summed E-state index contributed by atoms with van der Waals surface area (Å²) >= 11 is 0. The molecule has 0 aliphatic heterocycles. The highest BCUT2D eigenvalue weighted by Crippen LogP contribution is 2.26. The standard InChI is InChI=1S/C16H13FN2O/c1-10(20)11-7-8-15-14(9-11)18-16(19(15)2)12-5-3-4-6-13(12)17/h3-9H,1-2H3. The van der Waals surface area contributed by atoms with Crippen molar-refractivity contribution in [1.82, 2.24) is 9.55 Å². The van der Waals surface area contributed by atoms with Crippen molar-refractivity contribution in [2.45, 2.75) is 6.92 Å². The average molecular weight is 268 g/mol. The highest BCUT2D eigenvalue weighted by Gasteiger charge is 2.14. The maximum atomic E-state index is 13.9. The lowest BCUT2D eigenvalue weighted by molar-refractivity contribution is 0.101. The summed E-state index contributed by atoms with van der Waals surface area (Å²) in [7, 11) is 1.84. The first kappa shape index (κ1) is 12.5. The van der Waals surface area contributed by atoms with Crippen molar-refractivity contribution >= 4 is 16.8 Å². The van der Waals surface area contributed by atoms with E-state index in [-0.39, 0.29) is 11.6 Å². The first-order valence-corrected chi connectivity index (χ1v) is 6.30. The molecular formula is C16H13FN2O. The second-order valence-electron chi connectivity index (χ2n) is 4.73. The van der Waals surface area contributed by atoms with E-state index in [1.807, 2.05) is 17.7 Å². The summed E-state index contributed by atoms with van der Waals surface area (Å²) in [4.78, 5) is 15.9. The predicted molar refractivity (Wildman–Crippen MR) is 76.1 cm³/mol. The smallest absolute Gasteiger partial charge is 0.159 e. The molecule has 0 saturated heterocycles. The molecule has 0 aliphatic rings. The van der Waals surface area contributed by atoms with Crippen LogP contribution >= 0.6 is 0 Å². The van der Waals surface area contributed by atoms with E-state index in [1.165, 1.54) is 13.0 Å². The molecule has 100 valence electrons. The van der Waals surface area contributed by atoms with Gasteiger partial charge in [0, 0.05) is 12.6 Å². The summed E-state index contributed by atoms with van der Waals surface area (Å²) in [6, 6.07) is 11.9. The Hall–Kier alpha value is -2.49. The number of imidazole rings is 1. The van der Waals surface area contributed by atoms with Crippen molar-refractivity contribution in [3.63, 3.8) is 0 Å². The van der Waals surface area contributed by atoms with E-state index in [0.29, 0.717) is 22.5 Å². The zero-order valence-corrected chi connectivity index (χ0v) is 11.2. The van der Waals surface area contributed by atoms with Crippen LogP contribution in [-0.2, 0) is 7.05 Å². The Kier molecular flexibility index (Phi) is 2.86. The molecule has 0 bridgehead atoms. The Labute approximate surface area is 115 Å². The molecule has 0 radical (unpaired) electrons. The molecule has 3 nitrogen and oxygen atoms in total. The van der Waals surface area contributed by atoms with Gasteiger partial charge in [-0.3, -0.25) is 4.79 Å². The van der Waals surface area contributed by atoms with Crippen LogP contribution in [0.5, 0.6) is 0 Å². The average Bonchev–Trinajstić information content (AvgIpc) is 2.76. The third-order valence-corrected chi connectivity index (χ3v) is 3.40. The summed E-state index contributed by atoms with van der Waals surface area (Å²) in [5.74, 6) is 0.237. The van der Waals surface area contributed by atoms with Crippen LogP contribution in [0.1, 0.15) is 17.3 Å². The summed E-state index contributed by atoms with van der Waals surface area (Å²) < 4.78 is 15.7. The predicted octanol–water partition coefficient (Wildman–Crippen LogP) is 3.58. The Morgan fingerprint density at radius 1 is 1.20 bits per heavy atom. The Balaban J connectivity index is 2.26. The molecule has 0 aliphatic carbocycles. The second-order valence-corrected chi connectivity index (χ2v) is 4.73. The first-order valence-electron chi connectivity index (χ1n) is 6.30. The second kappa shape index (κ2) is 4.56. The quantitative estimate of drug-likeness (QED) is 0.666. The molecule has 20 heavy (non-hydrogen) atoms. The molecule has 3 aromatic rings. The van der Waals surface area contributed by atoms with Gasteiger partial charge in [0.05, 0.1) is 16.6 Å². The van der Waals surface area contributed by atoms with Crippen LogP contribution in [0.4, 0.5) is 4.39 Å². The van der Waals surface area contributed by atoms with Crippen LogP contribution in [0.3, 0.4) is 0 Å². The van der Waals surface area contributed by atoms with Gasteiger partial charge in [0.15, 0.2) is 5.78 Å². The van der Waals surface area contributed by atoms with Crippen molar-refractivity contribution in [3.05, 3.63) is 53.8 Å². The first-order chi connectivity index (χ1) is 9.58. The summed E-state index contributed by atoms with van der Waals surface area (Å²) in [6.45, 7) is 1.52. The van der Waals surface area contributed by atoms with E-state index < -0.39 is 0 Å². The molecule has 0 N–H and O–H groups in total. The number of hydrogen-bond acceptors (Lipinski definition) is 2. The summed E-state index contributed by atoms with van der Waals surface area (Å²) in [6.07, 6.45) is 0. The minimum atomic E-state index is -0.308. The molecule has 0 atom stereocenters. The number of aryl methyl sites for hydroxylation is 1. The lowest BCUT2D eigenvalue weighted by Crippen LogP contribution is -1.95. The highest BCUT2D eigenvalue weighted by atomic mass is 19.1. The molecular weight excluding hydrogens is 255 g/mol. The number of hydrogen-bond donors (Lipinski definition) is 0. The van der Waals surface area contributed by atoms with E-state index in [4.69, 9.17) is 0 Å². The summed E-state index contributed by atoms with van der Waals surface area (Å²) in [5.41, 5.74) is 2.62. The van der Waals surface area contributed by atoms with Crippen LogP contribution in [0.15, 0.2) is 42.5 Å². The van der Waals surface area contributed by atoms with Crippen LogP contribution in [0, 0.1) is 5.82 Å². The molecule has 0 fully saturated rings. The van der Waals surface area contributed by atoms with Gasteiger partial charge in [-0.05, 0) is 37.3 Å². The monoisotopic (exact) mass is 268 g/mol. The molecule has 0 amide bonds. The minimum Gasteiger partial charge on any atom is -0.327 e. The van der Waals surface area contributed by atoms with E-state index in [0.717, 1.165) is 5.52 Å². The molecule has 0 spiro atoms. The third-order valence-electron chi connectivity index (χ3n) is 3.40. The van der Waals surface area contributed by atoms with Crippen LogP contribution in [0.2, 0.25) is 0 Å². The van der Waals surface area contributed by atoms with E-state index in [2.05, 4.69) is 4.98 Å². The van der Waals surface area contributed by atoms with Gasteiger partial charge >= 0.3 is 0 Å². The number of nitrogens with zero attached hydrogens (tertiary/aromatic N) is 2. The number of rotatable bonds is 2. The van der Waals surface area contributed by atoms with Gasteiger partial charge in [-0.25, -0.2) is 9.37 Å². The normalized spacial score (nSPS) is 10.9. The molecule has 4 heteroatoms. The lowest BCUT2D eigenvalue weighted by atomic mass is 10.1. The topological polar surface area (TPSA) is 34.9 Å². The Morgan fingerprint density at radius 3 is 2.65 bits per heavy atom. The van der Waals surface area contributed by atoms with Gasteiger partial charge < -0.3 is 4.57 Å². The number of carbonyl (C=O) groups excluding carboxylic acids is 1. The number of halogens is 1. The SMILES string of the molecule is CC(=O)c1ccc2c(c1)nc(-c1ccccc1F)n2C. The van der Waals surface area contributed by atoms with Gasteiger partial charge in [-0.1, -0.05) is 12.1 Å². The van der Waals surface area contributed by atoms with E-state index in [9.17, 15) is 9.18 Å². The van der Waals surface area contributed by atoms with Crippen molar-refractivity contribution < 1.29 is 9.18 Å². The van der Waals surface area contributed by atoms with Gasteiger partial charge in [-0.2, -0.15) is 0 Å². The third kappa shape index (κ3) is 1.90. The number of benzene rings is 2. The Morgan fingerprint density at radius 2 is 1.95 bits per heavy atom. The van der Waals surface area contributed by atoms with Crippen molar-refractivity contribution in [2.75, 3.05) is 0 Å². The molecule has 2 aromatic carbocycles. The maximum Gasteiger partial charge on any atom is 0.159 e. The van der Waals surface area contributed by atoms with Gasteiger partial charge in [0.2, 0.25) is 0 Å². The Bertz CT molecular complexity index is 820. The van der Waals surface area contributed by atoms with Crippen LogP contribution in [-0.4, -0.2) is 15.3 Å². The zero-order valence-electron chi connectivity index (χ0n) is 11.2. The van der Waals surface area contributed by atoms with Crippen molar-refractivity contribution in [3.8, 4) is 11.4 Å². The van der Waals surface area contributed by atoms with Crippen molar-refractivity contribution in [2.24, 2.45) is 7.05 Å². The van der Waals surface area contributed by atoms with Gasteiger partial charge in [-0.15, -0.1) is 0 Å². The number of Topliss-reactive ketones (excluding diaryl/α,β-unsaturated/α-hetero) is 1. The largest absolute Gasteiger partial charge is 0.327 e. The molecule has 0 unspecified atom stereocenters. The maximum absolute atomic E-state index is 13.9. The number of carbonyl (C=O) groups is 1. The fourth-order valence-electron chi connectivity index (χ4n) is 2.30. The number of aromatic nitrogens is 2. The molecule has 0 saturated carbocycles. The van der Waals surface area contributed by atoms with Gasteiger partial charge in [0.25, 0.3) is 0 Å². The molecule has 3 rings (SSSR count). The van der Waals surface area contributed by atoms with Crippen LogP contribution < -0.4 is 0 Å². The molecule has 1 heterocycles. The van der Waals surface area contributed by atoms with Crippen molar-refractivity contribution in [1.29, 1.82) is 0 Å². The number of fused-ring (bicyclic) bond motifs is 1. The molecule has 1 aromatic heterocycles. The van der Waals surface area contributed by atoms with Gasteiger partial charge in [0.1, 0.15) is 11.6 Å². The zero-order chi connectivity index (χ0) is 14.3. The summed E-state index contributed by atoms with van der Waals surface area (Å²) in [5, 5.41) is 0. The minimum absolute atomic E-state index is 0.00926. The van der Waals surface area contributed by atoms with Crippen LogP contribution in [0.25, 0.3) is 22.4 Å². The van der Waals surface area contributed by atoms with E-state index >= 15 is 0 Å². The lowest BCUT2D eigenvalue weighted by Gasteiger charge is -2.03. The highest BCUT2D eigenvalue weighted by molar-refractivity contribution is 5.97. The fraction of sp³-hybridized carbons (Fsp3) is 0.125. The fourth-order valence-corrected chi connectivity index (χ4v) is 2.30. The number of ketones is 1. The van der Waals surface area contributed by atoms with E-state index in [1.54, 1.807) is 30.3 Å².